The average Bonchev–Trinajstić information content (AvgIpc) is 3.36. The van der Waals surface area contributed by atoms with Crippen molar-refractivity contribution in [2.45, 2.75) is 13.1 Å². The summed E-state index contributed by atoms with van der Waals surface area (Å²) < 4.78 is 4.17. The van der Waals surface area contributed by atoms with E-state index in [1.165, 1.54) is 21.6 Å². The summed E-state index contributed by atoms with van der Waals surface area (Å²) >= 11 is 0. The fourth-order valence-corrected chi connectivity index (χ4v) is 4.00. The number of hydrogen-bond donors (Lipinski definition) is 3. The lowest BCUT2D eigenvalue weighted by atomic mass is 10.1. The minimum absolute atomic E-state index is 0.0445. The molecule has 0 bridgehead atoms. The lowest BCUT2D eigenvalue weighted by Gasteiger charge is -2.06. The van der Waals surface area contributed by atoms with Crippen molar-refractivity contribution in [3.63, 3.8) is 0 Å². The molecule has 4 N–H and O–H groups in total. The fraction of sp³-hybridized carbons (Fsp3) is 0.143. The standard InChI is InChI=1S/C21H19N9O2/c1-28-18-15(16-9-26-30(21(32)19(16)28)11-13(23)5-6-22)8-25-29(20(18)31)10-12-3-2-4-17-14(12)7-24-27-17/h2-9,22H,10-11,23H2,1H3,(H,24,27)/b13-5-,22-6?. The molecule has 0 unspecified atom stereocenters. The van der Waals surface area contributed by atoms with E-state index in [9.17, 15) is 9.59 Å². The van der Waals surface area contributed by atoms with Gasteiger partial charge in [0.1, 0.15) is 11.0 Å². The molecular weight excluding hydrogens is 410 g/mol. The third-order valence-corrected chi connectivity index (χ3v) is 5.52. The number of aromatic nitrogens is 7. The Kier molecular flexibility index (Phi) is 4.43. The smallest absolute Gasteiger partial charge is 0.291 e. The molecule has 5 aromatic rings. The third-order valence-electron chi connectivity index (χ3n) is 5.52. The molecule has 4 heterocycles. The molecule has 0 aliphatic heterocycles. The summed E-state index contributed by atoms with van der Waals surface area (Å²) in [4.78, 5) is 26.4. The van der Waals surface area contributed by atoms with Gasteiger partial charge in [0.2, 0.25) is 0 Å². The first-order valence-corrected chi connectivity index (χ1v) is 9.80. The van der Waals surface area contributed by atoms with Crippen LogP contribution in [0.5, 0.6) is 0 Å². The van der Waals surface area contributed by atoms with Gasteiger partial charge in [-0.2, -0.15) is 15.3 Å². The van der Waals surface area contributed by atoms with Crippen LogP contribution in [0.25, 0.3) is 32.7 Å². The molecule has 0 saturated carbocycles. The summed E-state index contributed by atoms with van der Waals surface area (Å²) in [5.41, 5.74) is 7.95. The maximum atomic E-state index is 13.3. The first kappa shape index (κ1) is 19.4. The average molecular weight is 429 g/mol. The fourth-order valence-electron chi connectivity index (χ4n) is 4.00. The minimum Gasteiger partial charge on any atom is -0.400 e. The second-order valence-electron chi connectivity index (χ2n) is 7.45. The second-order valence-corrected chi connectivity index (χ2v) is 7.45. The van der Waals surface area contributed by atoms with E-state index in [0.29, 0.717) is 27.5 Å². The van der Waals surface area contributed by atoms with E-state index in [-0.39, 0.29) is 24.2 Å². The molecule has 32 heavy (non-hydrogen) atoms. The van der Waals surface area contributed by atoms with E-state index in [4.69, 9.17) is 11.1 Å². The van der Waals surface area contributed by atoms with Gasteiger partial charge in [0.25, 0.3) is 11.1 Å². The van der Waals surface area contributed by atoms with Crippen molar-refractivity contribution < 1.29 is 0 Å². The van der Waals surface area contributed by atoms with Crippen molar-refractivity contribution in [3.05, 3.63) is 74.8 Å². The lowest BCUT2D eigenvalue weighted by molar-refractivity contribution is 0.632. The van der Waals surface area contributed by atoms with E-state index in [1.807, 2.05) is 18.2 Å². The van der Waals surface area contributed by atoms with Gasteiger partial charge in [-0.3, -0.25) is 14.7 Å². The Morgan fingerprint density at radius 2 is 1.75 bits per heavy atom. The van der Waals surface area contributed by atoms with Crippen molar-refractivity contribution in [2.24, 2.45) is 12.8 Å². The molecule has 160 valence electrons. The van der Waals surface area contributed by atoms with E-state index >= 15 is 0 Å². The van der Waals surface area contributed by atoms with E-state index in [2.05, 4.69) is 20.4 Å². The van der Waals surface area contributed by atoms with E-state index < -0.39 is 0 Å². The third kappa shape index (κ3) is 2.90. The highest BCUT2D eigenvalue weighted by Crippen LogP contribution is 2.22. The lowest BCUT2D eigenvalue weighted by Crippen LogP contribution is -2.27. The monoisotopic (exact) mass is 429 g/mol. The zero-order valence-electron chi connectivity index (χ0n) is 17.1. The number of rotatable bonds is 5. The SMILES string of the molecule is Cn1c2c(=O)n(C/C(N)=C/C=N)ncc2c2cnn(Cc3cccc4[nH]ncc34)c(=O)c21. The molecule has 0 aliphatic carbocycles. The highest BCUT2D eigenvalue weighted by atomic mass is 16.1. The van der Waals surface area contributed by atoms with Gasteiger partial charge in [0.05, 0.1) is 37.2 Å². The van der Waals surface area contributed by atoms with Gasteiger partial charge in [-0.05, 0) is 17.7 Å². The Morgan fingerprint density at radius 3 is 2.47 bits per heavy atom. The van der Waals surface area contributed by atoms with Crippen LogP contribution in [0.15, 0.2) is 58.2 Å². The van der Waals surface area contributed by atoms with E-state index in [0.717, 1.165) is 22.7 Å². The summed E-state index contributed by atoms with van der Waals surface area (Å²) in [6.07, 6.45) is 7.28. The molecule has 0 atom stereocenters. The number of nitrogens with zero attached hydrogens (tertiary/aromatic N) is 6. The summed E-state index contributed by atoms with van der Waals surface area (Å²) in [5.74, 6) is 0. The molecule has 11 heteroatoms. The molecule has 11 nitrogen and oxygen atoms in total. The maximum Gasteiger partial charge on any atom is 0.291 e. The second kappa shape index (κ2) is 7.30. The number of allylic oxidation sites excluding steroid dienone is 2. The molecule has 0 saturated heterocycles. The Labute approximate surface area is 179 Å². The Hall–Kier alpha value is -4.54. The van der Waals surface area contributed by atoms with Crippen LogP contribution >= 0.6 is 0 Å². The van der Waals surface area contributed by atoms with Gasteiger partial charge < -0.3 is 15.7 Å². The number of hydrogen-bond acceptors (Lipinski definition) is 7. The summed E-state index contributed by atoms with van der Waals surface area (Å²) in [5, 5.41) is 24.7. The summed E-state index contributed by atoms with van der Waals surface area (Å²) in [6.45, 7) is 0.309. The van der Waals surface area contributed by atoms with Crippen molar-refractivity contribution >= 4 is 38.9 Å². The molecule has 1 aromatic carbocycles. The number of nitrogens with one attached hydrogen (secondary N) is 2. The molecule has 4 aromatic heterocycles. The quantitative estimate of drug-likeness (QED) is 0.352. The zero-order chi connectivity index (χ0) is 22.4. The molecule has 0 spiro atoms. The van der Waals surface area contributed by atoms with Crippen LogP contribution in [0, 0.1) is 5.41 Å². The van der Waals surface area contributed by atoms with Crippen molar-refractivity contribution in [1.29, 1.82) is 5.41 Å². The minimum atomic E-state index is -0.378. The van der Waals surface area contributed by atoms with Gasteiger partial charge in [-0.15, -0.1) is 0 Å². The van der Waals surface area contributed by atoms with Gasteiger partial charge >= 0.3 is 0 Å². The predicted octanol–water partition coefficient (Wildman–Crippen LogP) is 0.862. The Morgan fingerprint density at radius 1 is 1.06 bits per heavy atom. The van der Waals surface area contributed by atoms with Crippen LogP contribution in [0.3, 0.4) is 0 Å². The van der Waals surface area contributed by atoms with Crippen LogP contribution in [0.1, 0.15) is 5.56 Å². The molecule has 0 radical (unpaired) electrons. The molecule has 0 aliphatic rings. The Bertz CT molecular complexity index is 1670. The van der Waals surface area contributed by atoms with Gasteiger partial charge in [-0.25, -0.2) is 9.36 Å². The first-order chi connectivity index (χ1) is 15.5. The largest absolute Gasteiger partial charge is 0.400 e. The molecule has 5 rings (SSSR count). The highest BCUT2D eigenvalue weighted by molar-refractivity contribution is 6.06. The number of H-pyrrole nitrogens is 1. The number of nitrogens with two attached hydrogens (primary N) is 1. The van der Waals surface area contributed by atoms with Crippen LogP contribution < -0.4 is 16.9 Å². The maximum absolute atomic E-state index is 13.3. The summed E-state index contributed by atoms with van der Waals surface area (Å²) in [6, 6.07) is 5.73. The van der Waals surface area contributed by atoms with Gasteiger partial charge in [0.15, 0.2) is 0 Å². The number of aromatic amines is 1. The zero-order valence-corrected chi connectivity index (χ0v) is 17.1. The van der Waals surface area contributed by atoms with E-state index in [1.54, 1.807) is 24.0 Å². The van der Waals surface area contributed by atoms with Gasteiger partial charge in [0, 0.05) is 35.1 Å². The normalized spacial score (nSPS) is 12.2. The van der Waals surface area contributed by atoms with Crippen LogP contribution in [0.2, 0.25) is 0 Å². The molecular formula is C21H19N9O2. The predicted molar refractivity (Wildman–Crippen MR) is 121 cm³/mol. The molecule has 0 fully saturated rings. The Balaban J connectivity index is 1.67. The topological polar surface area (TPSA) is 153 Å². The van der Waals surface area contributed by atoms with Crippen molar-refractivity contribution in [2.75, 3.05) is 0 Å². The number of fused-ring (bicyclic) bond motifs is 4. The highest BCUT2D eigenvalue weighted by Gasteiger charge is 2.18. The van der Waals surface area contributed by atoms with Crippen LogP contribution in [-0.2, 0) is 20.1 Å². The number of aryl methyl sites for hydroxylation is 1. The first-order valence-electron chi connectivity index (χ1n) is 9.80. The van der Waals surface area contributed by atoms with Crippen molar-refractivity contribution in [1.82, 2.24) is 34.3 Å². The number of benzene rings is 1. The van der Waals surface area contributed by atoms with Crippen molar-refractivity contribution in [3.8, 4) is 0 Å². The van der Waals surface area contributed by atoms with Crippen LogP contribution in [-0.4, -0.2) is 40.5 Å². The molecule has 0 amide bonds. The van der Waals surface area contributed by atoms with Crippen LogP contribution in [0.4, 0.5) is 0 Å². The summed E-state index contributed by atoms with van der Waals surface area (Å²) in [7, 11) is 1.68. The van der Waals surface area contributed by atoms with Gasteiger partial charge in [-0.1, -0.05) is 12.1 Å².